The maximum atomic E-state index is 8.64. The lowest BCUT2D eigenvalue weighted by atomic mass is 10.2. The van der Waals surface area contributed by atoms with E-state index in [9.17, 15) is 0 Å². The molecule has 2 aromatic rings. The second kappa shape index (κ2) is 6.95. The zero-order valence-corrected chi connectivity index (χ0v) is 11.7. The van der Waals surface area contributed by atoms with Crippen molar-refractivity contribution < 1.29 is 0 Å². The molecule has 0 saturated heterocycles. The Labute approximate surface area is 117 Å². The molecule has 19 heavy (non-hydrogen) atoms. The second-order valence-corrected chi connectivity index (χ2v) is 5.04. The van der Waals surface area contributed by atoms with E-state index < -0.39 is 0 Å². The number of hydrogen-bond acceptors (Lipinski definition) is 5. The summed E-state index contributed by atoms with van der Waals surface area (Å²) in [5.41, 5.74) is 0.914. The molecule has 0 radical (unpaired) electrons. The minimum absolute atomic E-state index is 0.368. The summed E-state index contributed by atoms with van der Waals surface area (Å²) in [5, 5.41) is 13.7. The van der Waals surface area contributed by atoms with Gasteiger partial charge in [-0.1, -0.05) is 37.2 Å². The molecule has 1 N–H and O–H groups in total. The highest BCUT2D eigenvalue weighted by molar-refractivity contribution is 7.99. The number of thioether (sulfide) groups is 1. The van der Waals surface area contributed by atoms with Crippen molar-refractivity contribution in [2.75, 3.05) is 17.6 Å². The van der Waals surface area contributed by atoms with Gasteiger partial charge in [0.05, 0.1) is 17.3 Å². The molecule has 2 rings (SSSR count). The Morgan fingerprint density at radius 1 is 1.32 bits per heavy atom. The lowest BCUT2D eigenvalue weighted by Gasteiger charge is -2.09. The third-order valence-electron chi connectivity index (χ3n) is 2.67. The molecule has 0 fully saturated rings. The molecule has 0 aliphatic rings. The molecule has 0 aliphatic heterocycles. The maximum Gasteiger partial charge on any atom is 0.191 e. The van der Waals surface area contributed by atoms with E-state index in [0.717, 1.165) is 36.1 Å². The number of rotatable bonds is 6. The Morgan fingerprint density at radius 3 is 2.95 bits per heavy atom. The zero-order chi connectivity index (χ0) is 13.5. The largest absolute Gasteiger partial charge is 0.369 e. The minimum atomic E-state index is 0.368. The Bertz CT molecular complexity index is 592. The number of aromatic nitrogens is 2. The van der Waals surface area contributed by atoms with E-state index in [1.807, 2.05) is 24.3 Å². The fourth-order valence-electron chi connectivity index (χ4n) is 1.73. The van der Waals surface area contributed by atoms with E-state index in [1.54, 1.807) is 0 Å². The van der Waals surface area contributed by atoms with Crippen molar-refractivity contribution in [2.24, 2.45) is 0 Å². The van der Waals surface area contributed by atoms with E-state index in [4.69, 9.17) is 5.26 Å². The van der Waals surface area contributed by atoms with Crippen LogP contribution in [0.25, 0.3) is 10.9 Å². The molecule has 0 atom stereocenters. The van der Waals surface area contributed by atoms with Gasteiger partial charge in [0.1, 0.15) is 5.82 Å². The first-order valence-electron chi connectivity index (χ1n) is 6.35. The van der Waals surface area contributed by atoms with Crippen LogP contribution < -0.4 is 5.32 Å². The van der Waals surface area contributed by atoms with E-state index in [0.29, 0.717) is 10.9 Å². The molecule has 4 nitrogen and oxygen atoms in total. The van der Waals surface area contributed by atoms with Crippen LogP contribution >= 0.6 is 11.8 Å². The third kappa shape index (κ3) is 3.58. The van der Waals surface area contributed by atoms with Crippen LogP contribution in [0.4, 0.5) is 5.82 Å². The van der Waals surface area contributed by atoms with Crippen LogP contribution in [0.5, 0.6) is 0 Å². The molecule has 0 unspecified atom stereocenters. The average molecular weight is 272 g/mol. The number of anilines is 1. The number of fused-ring (bicyclic) bond motifs is 1. The first-order chi connectivity index (χ1) is 9.35. The van der Waals surface area contributed by atoms with Gasteiger partial charge in [0, 0.05) is 11.9 Å². The smallest absolute Gasteiger partial charge is 0.191 e. The fraction of sp³-hybridized carbons (Fsp3) is 0.357. The highest BCUT2D eigenvalue weighted by Gasteiger charge is 2.07. The molecule has 1 heterocycles. The standard InChI is InChI=1S/C14H16N4S/c1-2-3-9-16-13-11-6-4-5-7-12(11)17-14(18-13)19-10-8-15/h4-7H,2-3,9-10H2,1H3,(H,16,17,18). The van der Waals surface area contributed by atoms with Gasteiger partial charge in [-0.2, -0.15) is 5.26 Å². The van der Waals surface area contributed by atoms with Crippen molar-refractivity contribution in [3.05, 3.63) is 24.3 Å². The molecule has 0 amide bonds. The van der Waals surface area contributed by atoms with Crippen LogP contribution in [0.15, 0.2) is 29.4 Å². The van der Waals surface area contributed by atoms with Crippen molar-refractivity contribution in [3.8, 4) is 6.07 Å². The quantitative estimate of drug-likeness (QED) is 0.495. The van der Waals surface area contributed by atoms with Gasteiger partial charge in [-0.15, -0.1) is 0 Å². The van der Waals surface area contributed by atoms with Crippen molar-refractivity contribution in [1.82, 2.24) is 9.97 Å². The molecule has 0 aliphatic carbocycles. The summed E-state index contributed by atoms with van der Waals surface area (Å²) in [4.78, 5) is 8.96. The predicted molar refractivity (Wildman–Crippen MR) is 79.3 cm³/mol. The highest BCUT2D eigenvalue weighted by Crippen LogP contribution is 2.24. The lowest BCUT2D eigenvalue weighted by Crippen LogP contribution is -2.05. The summed E-state index contributed by atoms with van der Waals surface area (Å²) in [7, 11) is 0. The van der Waals surface area contributed by atoms with Crippen molar-refractivity contribution in [3.63, 3.8) is 0 Å². The Morgan fingerprint density at radius 2 is 2.16 bits per heavy atom. The van der Waals surface area contributed by atoms with Crippen LogP contribution in [0.3, 0.4) is 0 Å². The van der Waals surface area contributed by atoms with Gasteiger partial charge in [-0.05, 0) is 18.6 Å². The second-order valence-electron chi connectivity index (χ2n) is 4.10. The number of benzene rings is 1. The van der Waals surface area contributed by atoms with E-state index in [2.05, 4.69) is 28.3 Å². The third-order valence-corrected chi connectivity index (χ3v) is 3.39. The van der Waals surface area contributed by atoms with Crippen molar-refractivity contribution in [2.45, 2.75) is 24.9 Å². The SMILES string of the molecule is CCCCNc1nc(SCC#N)nc2ccccc12. The summed E-state index contributed by atoms with van der Waals surface area (Å²) >= 11 is 1.37. The van der Waals surface area contributed by atoms with Gasteiger partial charge in [0.15, 0.2) is 5.16 Å². The van der Waals surface area contributed by atoms with Crippen LogP contribution in [0.2, 0.25) is 0 Å². The van der Waals surface area contributed by atoms with E-state index in [1.165, 1.54) is 11.8 Å². The normalized spacial score (nSPS) is 10.3. The molecule has 1 aromatic heterocycles. The van der Waals surface area contributed by atoms with Crippen molar-refractivity contribution in [1.29, 1.82) is 5.26 Å². The molecule has 98 valence electrons. The topological polar surface area (TPSA) is 61.6 Å². The summed E-state index contributed by atoms with van der Waals surface area (Å²) in [5.74, 6) is 1.23. The number of para-hydroxylation sites is 1. The first kappa shape index (κ1) is 13.6. The molecular weight excluding hydrogens is 256 g/mol. The van der Waals surface area contributed by atoms with Gasteiger partial charge in [-0.25, -0.2) is 9.97 Å². The van der Waals surface area contributed by atoms with Gasteiger partial charge in [0.2, 0.25) is 0 Å². The molecule has 1 aromatic carbocycles. The van der Waals surface area contributed by atoms with Gasteiger partial charge >= 0.3 is 0 Å². The van der Waals surface area contributed by atoms with E-state index in [-0.39, 0.29) is 0 Å². The Balaban J connectivity index is 2.31. The van der Waals surface area contributed by atoms with E-state index >= 15 is 0 Å². The first-order valence-corrected chi connectivity index (χ1v) is 7.34. The van der Waals surface area contributed by atoms with Gasteiger partial charge in [-0.3, -0.25) is 0 Å². The lowest BCUT2D eigenvalue weighted by molar-refractivity contribution is 0.828. The predicted octanol–water partition coefficient (Wildman–Crippen LogP) is 3.46. The minimum Gasteiger partial charge on any atom is -0.369 e. The number of nitrogens with zero attached hydrogens (tertiary/aromatic N) is 3. The Hall–Kier alpha value is -1.80. The summed E-state index contributed by atoms with van der Waals surface area (Å²) in [6.07, 6.45) is 2.26. The van der Waals surface area contributed by atoms with Crippen LogP contribution in [0, 0.1) is 11.3 Å². The molecule has 0 saturated carbocycles. The van der Waals surface area contributed by atoms with Crippen LogP contribution in [0.1, 0.15) is 19.8 Å². The highest BCUT2D eigenvalue weighted by atomic mass is 32.2. The number of nitriles is 1. The fourth-order valence-corrected chi connectivity index (χ4v) is 2.25. The summed E-state index contributed by atoms with van der Waals surface area (Å²) < 4.78 is 0. The Kier molecular flexibility index (Phi) is 4.99. The van der Waals surface area contributed by atoms with Gasteiger partial charge < -0.3 is 5.32 Å². The van der Waals surface area contributed by atoms with Gasteiger partial charge in [0.25, 0.3) is 0 Å². The number of nitrogens with one attached hydrogen (secondary N) is 1. The average Bonchev–Trinajstić information content (AvgIpc) is 2.45. The summed E-state index contributed by atoms with van der Waals surface area (Å²) in [6, 6.07) is 10.0. The molecule has 5 heteroatoms. The molecule has 0 spiro atoms. The van der Waals surface area contributed by atoms with Crippen LogP contribution in [-0.2, 0) is 0 Å². The van der Waals surface area contributed by atoms with Crippen molar-refractivity contribution >= 4 is 28.5 Å². The molecular formula is C14H16N4S. The summed E-state index contributed by atoms with van der Waals surface area (Å²) in [6.45, 7) is 3.06. The van der Waals surface area contributed by atoms with Crippen LogP contribution in [-0.4, -0.2) is 22.3 Å². The zero-order valence-electron chi connectivity index (χ0n) is 10.9. The number of hydrogen-bond donors (Lipinski definition) is 1. The maximum absolute atomic E-state index is 8.64. The molecule has 0 bridgehead atoms. The number of unbranched alkanes of at least 4 members (excludes halogenated alkanes) is 1. The monoisotopic (exact) mass is 272 g/mol.